The lowest BCUT2D eigenvalue weighted by molar-refractivity contribution is 0.294. The Bertz CT molecular complexity index is 448. The van der Waals surface area contributed by atoms with Crippen molar-refractivity contribution in [3.8, 4) is 17.2 Å². The van der Waals surface area contributed by atoms with E-state index in [0.29, 0.717) is 11.7 Å². The van der Waals surface area contributed by atoms with Gasteiger partial charge in [0.05, 0.1) is 21.3 Å². The number of methoxy groups -OCH3 is 3. The van der Waals surface area contributed by atoms with Crippen LogP contribution in [-0.4, -0.2) is 34.9 Å². The Hall–Kier alpha value is -1.42. The van der Waals surface area contributed by atoms with E-state index >= 15 is 0 Å². The molecule has 1 atom stereocenters. The lowest BCUT2D eigenvalue weighted by Gasteiger charge is -2.35. The molecule has 0 aliphatic heterocycles. The molecule has 0 aliphatic carbocycles. The first kappa shape index (κ1) is 18.6. The van der Waals surface area contributed by atoms with E-state index in [-0.39, 0.29) is 5.41 Å². The van der Waals surface area contributed by atoms with Crippen LogP contribution in [-0.2, 0) is 5.41 Å². The average molecular weight is 309 g/mol. The zero-order valence-corrected chi connectivity index (χ0v) is 15.1. The third-order valence-corrected chi connectivity index (χ3v) is 4.72. The molecule has 0 heterocycles. The fourth-order valence-electron chi connectivity index (χ4n) is 2.81. The van der Waals surface area contributed by atoms with Gasteiger partial charge in [-0.05, 0) is 55.5 Å². The van der Waals surface area contributed by atoms with Crippen molar-refractivity contribution < 1.29 is 14.2 Å². The van der Waals surface area contributed by atoms with Crippen molar-refractivity contribution in [1.29, 1.82) is 0 Å². The lowest BCUT2D eigenvalue weighted by Crippen LogP contribution is -2.30. The fraction of sp³-hybridized carbons (Fsp3) is 0.667. The number of benzene rings is 1. The Kier molecular flexibility index (Phi) is 7.01. The predicted molar refractivity (Wildman–Crippen MR) is 91.4 cm³/mol. The van der Waals surface area contributed by atoms with E-state index in [2.05, 4.69) is 38.2 Å². The van der Waals surface area contributed by atoms with Gasteiger partial charge in [-0.1, -0.05) is 20.8 Å². The number of nitrogens with one attached hydrogen (secondary N) is 1. The Morgan fingerprint density at radius 3 is 1.95 bits per heavy atom. The topological polar surface area (TPSA) is 39.7 Å². The maximum Gasteiger partial charge on any atom is 0.203 e. The molecule has 1 N–H and O–H groups in total. The van der Waals surface area contributed by atoms with Crippen LogP contribution < -0.4 is 19.5 Å². The van der Waals surface area contributed by atoms with Crippen molar-refractivity contribution in [1.82, 2.24) is 5.32 Å². The Morgan fingerprint density at radius 1 is 1.05 bits per heavy atom. The summed E-state index contributed by atoms with van der Waals surface area (Å²) in [6.07, 6.45) is 2.23. The predicted octanol–water partition coefficient (Wildman–Crippen LogP) is 3.63. The number of rotatable bonds is 9. The summed E-state index contributed by atoms with van der Waals surface area (Å²) in [6, 6.07) is 4.17. The van der Waals surface area contributed by atoms with Crippen molar-refractivity contribution in [3.05, 3.63) is 17.7 Å². The van der Waals surface area contributed by atoms with Gasteiger partial charge in [0.2, 0.25) is 5.75 Å². The molecule has 0 radical (unpaired) electrons. The normalized spacial score (nSPS) is 13.8. The minimum Gasteiger partial charge on any atom is -0.493 e. The van der Waals surface area contributed by atoms with E-state index in [1.54, 1.807) is 21.3 Å². The highest BCUT2D eigenvalue weighted by Crippen LogP contribution is 2.45. The van der Waals surface area contributed by atoms with Gasteiger partial charge < -0.3 is 19.5 Å². The van der Waals surface area contributed by atoms with Gasteiger partial charge in [0.25, 0.3) is 0 Å². The Labute approximate surface area is 135 Å². The van der Waals surface area contributed by atoms with Crippen molar-refractivity contribution in [2.24, 2.45) is 5.92 Å². The summed E-state index contributed by atoms with van der Waals surface area (Å²) >= 11 is 0. The van der Waals surface area contributed by atoms with Gasteiger partial charge in [-0.15, -0.1) is 0 Å². The quantitative estimate of drug-likeness (QED) is 0.707. The molecule has 0 aliphatic rings. The molecule has 4 heteroatoms. The zero-order valence-electron chi connectivity index (χ0n) is 15.1. The van der Waals surface area contributed by atoms with E-state index in [9.17, 15) is 0 Å². The largest absolute Gasteiger partial charge is 0.493 e. The number of hydrogen-bond donors (Lipinski definition) is 1. The lowest BCUT2D eigenvalue weighted by atomic mass is 9.70. The zero-order chi connectivity index (χ0) is 16.8. The number of ether oxygens (including phenoxy) is 3. The molecule has 126 valence electrons. The van der Waals surface area contributed by atoms with E-state index in [4.69, 9.17) is 14.2 Å². The second kappa shape index (κ2) is 8.28. The monoisotopic (exact) mass is 309 g/mol. The highest BCUT2D eigenvalue weighted by atomic mass is 16.5. The summed E-state index contributed by atoms with van der Waals surface area (Å²) in [5.41, 5.74) is 1.29. The van der Waals surface area contributed by atoms with Crippen LogP contribution in [0, 0.1) is 5.92 Å². The first-order chi connectivity index (χ1) is 10.4. The summed E-state index contributed by atoms with van der Waals surface area (Å²) in [5.74, 6) is 2.59. The minimum absolute atomic E-state index is 0.0592. The molecule has 1 aromatic rings. The summed E-state index contributed by atoms with van der Waals surface area (Å²) in [6.45, 7) is 7.87. The van der Waals surface area contributed by atoms with E-state index < -0.39 is 0 Å². The van der Waals surface area contributed by atoms with Crippen LogP contribution in [0.15, 0.2) is 12.1 Å². The first-order valence-corrected chi connectivity index (χ1v) is 7.89. The molecule has 4 nitrogen and oxygen atoms in total. The fourth-order valence-corrected chi connectivity index (χ4v) is 2.81. The molecule has 1 rings (SSSR count). The van der Waals surface area contributed by atoms with Gasteiger partial charge >= 0.3 is 0 Å². The number of hydrogen-bond acceptors (Lipinski definition) is 4. The van der Waals surface area contributed by atoms with Gasteiger partial charge in [-0.25, -0.2) is 0 Å². The molecule has 1 unspecified atom stereocenters. The van der Waals surface area contributed by atoms with Gasteiger partial charge in [0.15, 0.2) is 11.5 Å². The van der Waals surface area contributed by atoms with Gasteiger partial charge in [0.1, 0.15) is 0 Å². The molecular weight excluding hydrogens is 278 g/mol. The van der Waals surface area contributed by atoms with Crippen LogP contribution in [0.4, 0.5) is 0 Å². The maximum absolute atomic E-state index is 5.50. The Balaban J connectivity index is 3.30. The van der Waals surface area contributed by atoms with Crippen LogP contribution in [0.25, 0.3) is 0 Å². The van der Waals surface area contributed by atoms with Crippen LogP contribution >= 0.6 is 0 Å². The molecule has 1 aromatic carbocycles. The van der Waals surface area contributed by atoms with Crippen molar-refractivity contribution >= 4 is 0 Å². The molecule has 0 spiro atoms. The highest BCUT2D eigenvalue weighted by molar-refractivity contribution is 5.55. The molecule has 22 heavy (non-hydrogen) atoms. The third-order valence-electron chi connectivity index (χ3n) is 4.72. The van der Waals surface area contributed by atoms with E-state index in [1.165, 1.54) is 5.56 Å². The second-order valence-electron chi connectivity index (χ2n) is 6.19. The smallest absolute Gasteiger partial charge is 0.203 e. The van der Waals surface area contributed by atoms with Crippen molar-refractivity contribution in [2.45, 2.75) is 39.0 Å². The molecule has 0 fully saturated rings. The summed E-state index contributed by atoms with van der Waals surface area (Å²) in [5, 5.41) is 3.22. The third kappa shape index (κ3) is 3.86. The standard InChI is InChI=1S/C18H31NO3/c1-13(2)18(3,9-8-10-19-4)14-11-15(20-5)17(22-7)16(12-14)21-6/h11-13,19H,8-10H2,1-7H3. The molecule has 0 saturated heterocycles. The van der Waals surface area contributed by atoms with E-state index in [1.807, 2.05) is 7.05 Å². The molecule has 0 amide bonds. The SMILES string of the molecule is CNCCCC(C)(c1cc(OC)c(OC)c(OC)c1)C(C)C. The summed E-state index contributed by atoms with van der Waals surface area (Å²) in [7, 11) is 6.95. The van der Waals surface area contributed by atoms with Gasteiger partial charge in [-0.2, -0.15) is 0 Å². The van der Waals surface area contributed by atoms with Crippen molar-refractivity contribution in [3.63, 3.8) is 0 Å². The van der Waals surface area contributed by atoms with Gasteiger partial charge in [-0.3, -0.25) is 0 Å². The first-order valence-electron chi connectivity index (χ1n) is 7.89. The van der Waals surface area contributed by atoms with Crippen LogP contribution in [0.5, 0.6) is 17.2 Å². The van der Waals surface area contributed by atoms with Crippen LogP contribution in [0.1, 0.15) is 39.2 Å². The average Bonchev–Trinajstić information content (AvgIpc) is 2.52. The second-order valence-corrected chi connectivity index (χ2v) is 6.19. The molecule has 0 saturated carbocycles. The van der Waals surface area contributed by atoms with Crippen molar-refractivity contribution in [2.75, 3.05) is 34.9 Å². The maximum atomic E-state index is 5.50. The highest BCUT2D eigenvalue weighted by Gasteiger charge is 2.32. The molecule has 0 aromatic heterocycles. The van der Waals surface area contributed by atoms with E-state index in [0.717, 1.165) is 30.9 Å². The Morgan fingerprint density at radius 2 is 1.59 bits per heavy atom. The minimum atomic E-state index is 0.0592. The summed E-state index contributed by atoms with van der Waals surface area (Å²) < 4.78 is 16.4. The molecule has 0 bridgehead atoms. The van der Waals surface area contributed by atoms with Crippen LogP contribution in [0.3, 0.4) is 0 Å². The molecular formula is C18H31NO3. The summed E-state index contributed by atoms with van der Waals surface area (Å²) in [4.78, 5) is 0. The van der Waals surface area contributed by atoms with Crippen LogP contribution in [0.2, 0.25) is 0 Å². The van der Waals surface area contributed by atoms with Gasteiger partial charge in [0, 0.05) is 0 Å².